The third-order valence-corrected chi connectivity index (χ3v) is 4.48. The minimum absolute atomic E-state index is 0.0704. The lowest BCUT2D eigenvalue weighted by molar-refractivity contribution is -0.142. The molecule has 126 valence electrons. The van der Waals surface area contributed by atoms with E-state index in [1.54, 1.807) is 13.1 Å². The Hall–Kier alpha value is -1.88. The van der Waals surface area contributed by atoms with Gasteiger partial charge in [0.2, 0.25) is 0 Å². The molecule has 2 atom stereocenters. The van der Waals surface area contributed by atoms with Crippen LogP contribution in [-0.4, -0.2) is 41.5 Å². The zero-order chi connectivity index (χ0) is 17.0. The van der Waals surface area contributed by atoms with Crippen molar-refractivity contribution in [2.24, 2.45) is 5.92 Å². The predicted octanol–water partition coefficient (Wildman–Crippen LogP) is 2.37. The normalized spacial score (nSPS) is 20.6. The van der Waals surface area contributed by atoms with E-state index in [2.05, 4.69) is 19.2 Å². The van der Waals surface area contributed by atoms with Gasteiger partial charge in [0.05, 0.1) is 6.10 Å². The molecule has 0 saturated heterocycles. The summed E-state index contributed by atoms with van der Waals surface area (Å²) in [5.41, 5.74) is 1.74. The maximum Gasteiger partial charge on any atom is 0.313 e. The van der Waals surface area contributed by atoms with Gasteiger partial charge in [-0.3, -0.25) is 9.59 Å². The Balaban J connectivity index is 1.94. The summed E-state index contributed by atoms with van der Waals surface area (Å²) in [4.78, 5) is 25.7. The Bertz CT molecular complexity index is 571. The van der Waals surface area contributed by atoms with Gasteiger partial charge in [0.25, 0.3) is 0 Å². The van der Waals surface area contributed by atoms with Crippen LogP contribution in [0.4, 0.5) is 5.69 Å². The summed E-state index contributed by atoms with van der Waals surface area (Å²) in [6, 6.07) is 7.53. The maximum absolute atomic E-state index is 12.2. The van der Waals surface area contributed by atoms with E-state index in [9.17, 15) is 14.7 Å². The molecule has 0 bridgehead atoms. The van der Waals surface area contributed by atoms with Gasteiger partial charge in [-0.1, -0.05) is 32.4 Å². The van der Waals surface area contributed by atoms with Gasteiger partial charge >= 0.3 is 11.8 Å². The Morgan fingerprint density at radius 2 is 2.09 bits per heavy atom. The molecular weight excluding hydrogens is 292 g/mol. The van der Waals surface area contributed by atoms with Crippen molar-refractivity contribution < 1.29 is 14.7 Å². The molecule has 0 spiro atoms. The Labute approximate surface area is 137 Å². The van der Waals surface area contributed by atoms with Gasteiger partial charge in [-0.05, 0) is 36.5 Å². The molecule has 2 amide bonds. The second kappa shape index (κ2) is 7.59. The number of rotatable bonds is 4. The molecule has 1 aromatic rings. The van der Waals surface area contributed by atoms with Gasteiger partial charge in [0.1, 0.15) is 0 Å². The molecule has 2 N–H and O–H groups in total. The molecule has 2 unspecified atom stereocenters. The van der Waals surface area contributed by atoms with Crippen LogP contribution >= 0.6 is 0 Å². The number of hydrogen-bond donors (Lipinski definition) is 2. The number of anilines is 1. The van der Waals surface area contributed by atoms with Gasteiger partial charge < -0.3 is 15.3 Å². The number of carbonyl (C=O) groups is 2. The molecule has 1 aliphatic carbocycles. The van der Waals surface area contributed by atoms with Crippen molar-refractivity contribution in [3.05, 3.63) is 29.8 Å². The lowest BCUT2D eigenvalue weighted by Crippen LogP contribution is -2.41. The van der Waals surface area contributed by atoms with E-state index in [0.717, 1.165) is 24.8 Å². The first-order valence-electron chi connectivity index (χ1n) is 8.23. The Morgan fingerprint density at radius 1 is 1.35 bits per heavy atom. The van der Waals surface area contributed by atoms with Crippen LogP contribution in [0.3, 0.4) is 0 Å². The van der Waals surface area contributed by atoms with E-state index in [1.807, 2.05) is 18.2 Å². The van der Waals surface area contributed by atoms with Gasteiger partial charge in [-0.2, -0.15) is 0 Å². The lowest BCUT2D eigenvalue weighted by Gasteiger charge is -2.22. The number of amides is 2. The molecule has 0 heterocycles. The highest BCUT2D eigenvalue weighted by Gasteiger charge is 2.29. The van der Waals surface area contributed by atoms with Crippen molar-refractivity contribution in [1.82, 2.24) is 4.90 Å². The van der Waals surface area contributed by atoms with Crippen LogP contribution in [0.1, 0.15) is 44.6 Å². The number of aliphatic hydroxyl groups is 1. The van der Waals surface area contributed by atoms with E-state index in [0.29, 0.717) is 18.2 Å². The van der Waals surface area contributed by atoms with E-state index < -0.39 is 11.8 Å². The van der Waals surface area contributed by atoms with Crippen LogP contribution in [-0.2, 0) is 9.59 Å². The average Bonchev–Trinajstić information content (AvgIpc) is 2.91. The fraction of sp³-hybridized carbons (Fsp3) is 0.556. The third kappa shape index (κ3) is 4.55. The van der Waals surface area contributed by atoms with E-state index in [-0.39, 0.29) is 12.0 Å². The zero-order valence-corrected chi connectivity index (χ0v) is 14.1. The molecule has 0 aromatic heterocycles. The summed E-state index contributed by atoms with van der Waals surface area (Å²) >= 11 is 0. The molecule has 23 heavy (non-hydrogen) atoms. The Morgan fingerprint density at radius 3 is 2.70 bits per heavy atom. The molecule has 0 aliphatic heterocycles. The highest BCUT2D eigenvalue weighted by molar-refractivity contribution is 6.39. The number of likely N-dealkylation sites (N-methyl/N-ethyl adjacent to an activating group) is 1. The molecule has 2 rings (SSSR count). The van der Waals surface area contributed by atoms with Gasteiger partial charge in [-0.15, -0.1) is 0 Å². The highest BCUT2D eigenvalue weighted by atomic mass is 16.3. The molecule has 0 radical (unpaired) electrons. The molecule has 5 heteroatoms. The van der Waals surface area contributed by atoms with Crippen molar-refractivity contribution >= 4 is 17.5 Å². The molecule has 5 nitrogen and oxygen atoms in total. The molecular formula is C18H26N2O3. The minimum atomic E-state index is -0.638. The lowest BCUT2D eigenvalue weighted by atomic mass is 10.0. The fourth-order valence-corrected chi connectivity index (χ4v) is 3.00. The first kappa shape index (κ1) is 17.5. The summed E-state index contributed by atoms with van der Waals surface area (Å²) in [6.45, 7) is 4.57. The fourth-order valence-electron chi connectivity index (χ4n) is 3.00. The average molecular weight is 318 g/mol. The monoisotopic (exact) mass is 318 g/mol. The van der Waals surface area contributed by atoms with Crippen LogP contribution in [0.25, 0.3) is 0 Å². The number of carbonyl (C=O) groups excluding carboxylic acids is 2. The summed E-state index contributed by atoms with van der Waals surface area (Å²) in [7, 11) is 1.61. The van der Waals surface area contributed by atoms with Crippen LogP contribution in [0.2, 0.25) is 0 Å². The SMILES string of the molecule is CC(C)c1cccc(NC(=O)C(=O)N(C)CC2CCCC2O)c1. The quantitative estimate of drug-likeness (QED) is 0.837. The van der Waals surface area contributed by atoms with Crippen molar-refractivity contribution in [3.8, 4) is 0 Å². The largest absolute Gasteiger partial charge is 0.393 e. The number of aliphatic hydroxyl groups excluding tert-OH is 1. The number of benzene rings is 1. The first-order chi connectivity index (χ1) is 10.9. The molecule has 1 aromatic carbocycles. The minimum Gasteiger partial charge on any atom is -0.393 e. The van der Waals surface area contributed by atoms with Crippen molar-refractivity contribution in [2.45, 2.75) is 45.1 Å². The second-order valence-electron chi connectivity index (χ2n) is 6.68. The van der Waals surface area contributed by atoms with Crippen LogP contribution < -0.4 is 5.32 Å². The summed E-state index contributed by atoms with van der Waals surface area (Å²) in [6.07, 6.45) is 2.29. The molecule has 1 aliphatic rings. The van der Waals surface area contributed by atoms with E-state index in [1.165, 1.54) is 4.90 Å². The van der Waals surface area contributed by atoms with Crippen LogP contribution in [0.5, 0.6) is 0 Å². The number of nitrogens with one attached hydrogen (secondary N) is 1. The standard InChI is InChI=1S/C18H26N2O3/c1-12(2)13-6-4-8-15(10-13)19-17(22)18(23)20(3)11-14-7-5-9-16(14)21/h4,6,8,10,12,14,16,21H,5,7,9,11H2,1-3H3,(H,19,22). The highest BCUT2D eigenvalue weighted by Crippen LogP contribution is 2.26. The number of nitrogens with zero attached hydrogens (tertiary/aromatic N) is 1. The van der Waals surface area contributed by atoms with Crippen LogP contribution in [0.15, 0.2) is 24.3 Å². The van der Waals surface area contributed by atoms with Crippen molar-refractivity contribution in [1.29, 1.82) is 0 Å². The van der Waals surface area contributed by atoms with Gasteiger partial charge in [0, 0.05) is 25.2 Å². The van der Waals surface area contributed by atoms with Crippen molar-refractivity contribution in [2.75, 3.05) is 18.9 Å². The summed E-state index contributed by atoms with van der Waals surface area (Å²) < 4.78 is 0. The molecule has 1 saturated carbocycles. The maximum atomic E-state index is 12.2. The zero-order valence-electron chi connectivity index (χ0n) is 14.1. The van der Waals surface area contributed by atoms with Crippen LogP contribution in [0, 0.1) is 5.92 Å². The second-order valence-corrected chi connectivity index (χ2v) is 6.68. The predicted molar refractivity (Wildman–Crippen MR) is 90.1 cm³/mol. The third-order valence-electron chi connectivity index (χ3n) is 4.48. The van der Waals surface area contributed by atoms with E-state index in [4.69, 9.17) is 0 Å². The van der Waals surface area contributed by atoms with E-state index >= 15 is 0 Å². The Kier molecular flexibility index (Phi) is 5.77. The summed E-state index contributed by atoms with van der Waals surface area (Å²) in [5, 5.41) is 12.5. The topological polar surface area (TPSA) is 69.6 Å². The first-order valence-corrected chi connectivity index (χ1v) is 8.23. The number of hydrogen-bond acceptors (Lipinski definition) is 3. The van der Waals surface area contributed by atoms with Gasteiger partial charge in [0.15, 0.2) is 0 Å². The van der Waals surface area contributed by atoms with Gasteiger partial charge in [-0.25, -0.2) is 0 Å². The molecule has 1 fully saturated rings. The summed E-state index contributed by atoms with van der Waals surface area (Å²) in [5.74, 6) is -0.782. The smallest absolute Gasteiger partial charge is 0.313 e. The van der Waals surface area contributed by atoms with Crippen molar-refractivity contribution in [3.63, 3.8) is 0 Å².